The largest absolute Gasteiger partial charge is 0.339 e. The Hall–Kier alpha value is -2.25. The van der Waals surface area contributed by atoms with E-state index in [1.54, 1.807) is 29.4 Å². The molecular formula is C22H29N3O3S. The van der Waals surface area contributed by atoms with E-state index in [0.717, 1.165) is 16.7 Å². The van der Waals surface area contributed by atoms with Gasteiger partial charge in [0.05, 0.1) is 10.9 Å². The van der Waals surface area contributed by atoms with Crippen molar-refractivity contribution >= 4 is 15.9 Å². The number of hydrogen-bond acceptors (Lipinski definition) is 4. The number of nitrogens with zero attached hydrogens (tertiary/aromatic N) is 3. The molecule has 3 rings (SSSR count). The van der Waals surface area contributed by atoms with Gasteiger partial charge in [-0.3, -0.25) is 9.78 Å². The fourth-order valence-corrected chi connectivity index (χ4v) is 5.27. The van der Waals surface area contributed by atoms with Crippen molar-refractivity contribution in [2.75, 3.05) is 20.1 Å². The van der Waals surface area contributed by atoms with Gasteiger partial charge in [-0.2, -0.15) is 4.31 Å². The molecule has 0 N–H and O–H groups in total. The number of piperidine rings is 1. The van der Waals surface area contributed by atoms with Crippen molar-refractivity contribution in [2.24, 2.45) is 5.92 Å². The second-order valence-electron chi connectivity index (χ2n) is 7.83. The molecule has 1 atom stereocenters. The van der Waals surface area contributed by atoms with Crippen molar-refractivity contribution in [3.8, 4) is 0 Å². The Morgan fingerprint density at radius 2 is 1.72 bits per heavy atom. The molecule has 2 heterocycles. The fraction of sp³-hybridized carbons (Fsp3) is 0.455. The summed E-state index contributed by atoms with van der Waals surface area (Å²) < 4.78 is 27.5. The van der Waals surface area contributed by atoms with Crippen LogP contribution in [0.25, 0.3) is 0 Å². The van der Waals surface area contributed by atoms with Gasteiger partial charge in [-0.1, -0.05) is 6.07 Å². The van der Waals surface area contributed by atoms with E-state index in [2.05, 4.69) is 4.98 Å². The van der Waals surface area contributed by atoms with Crippen molar-refractivity contribution < 1.29 is 13.2 Å². The summed E-state index contributed by atoms with van der Waals surface area (Å²) >= 11 is 0. The zero-order valence-corrected chi connectivity index (χ0v) is 18.3. The molecule has 156 valence electrons. The number of amides is 1. The summed E-state index contributed by atoms with van der Waals surface area (Å²) in [7, 11) is -1.72. The number of hydrogen-bond donors (Lipinski definition) is 0. The smallest absolute Gasteiger partial charge is 0.243 e. The zero-order chi connectivity index (χ0) is 21.2. The van der Waals surface area contributed by atoms with Gasteiger partial charge in [-0.05, 0) is 74.6 Å². The van der Waals surface area contributed by atoms with Crippen LogP contribution in [-0.2, 0) is 14.8 Å². The quantitative estimate of drug-likeness (QED) is 0.751. The second kappa shape index (κ2) is 8.63. The van der Waals surface area contributed by atoms with Crippen LogP contribution >= 0.6 is 0 Å². The maximum absolute atomic E-state index is 13.0. The fourth-order valence-electron chi connectivity index (χ4n) is 3.71. The first-order chi connectivity index (χ1) is 13.7. The lowest BCUT2D eigenvalue weighted by molar-refractivity contribution is -0.137. The predicted octanol–water partition coefficient (Wildman–Crippen LogP) is 3.32. The third kappa shape index (κ3) is 4.51. The molecule has 0 bridgehead atoms. The van der Waals surface area contributed by atoms with Crippen LogP contribution < -0.4 is 0 Å². The molecule has 1 aromatic heterocycles. The Labute approximate surface area is 173 Å². The van der Waals surface area contributed by atoms with Gasteiger partial charge in [0.25, 0.3) is 0 Å². The molecule has 0 saturated carbocycles. The third-order valence-electron chi connectivity index (χ3n) is 6.04. The molecule has 1 saturated heterocycles. The van der Waals surface area contributed by atoms with Gasteiger partial charge in [0.15, 0.2) is 0 Å². The van der Waals surface area contributed by atoms with Crippen molar-refractivity contribution in [1.29, 1.82) is 0 Å². The van der Waals surface area contributed by atoms with Crippen molar-refractivity contribution in [2.45, 2.75) is 44.6 Å². The zero-order valence-electron chi connectivity index (χ0n) is 17.5. The summed E-state index contributed by atoms with van der Waals surface area (Å²) in [4.78, 5) is 19.1. The summed E-state index contributed by atoms with van der Waals surface area (Å²) in [6.07, 6.45) is 4.52. The Kier molecular flexibility index (Phi) is 6.39. The van der Waals surface area contributed by atoms with E-state index in [4.69, 9.17) is 0 Å². The van der Waals surface area contributed by atoms with E-state index in [1.165, 1.54) is 4.31 Å². The number of rotatable bonds is 5. The predicted molar refractivity (Wildman–Crippen MR) is 113 cm³/mol. The van der Waals surface area contributed by atoms with Crippen LogP contribution in [0, 0.1) is 19.8 Å². The minimum absolute atomic E-state index is 0.0530. The van der Waals surface area contributed by atoms with Gasteiger partial charge in [-0.15, -0.1) is 0 Å². The Morgan fingerprint density at radius 1 is 1.10 bits per heavy atom. The average molecular weight is 416 g/mol. The molecule has 1 amide bonds. The number of carbonyl (C=O) groups excluding carboxylic acids is 1. The van der Waals surface area contributed by atoms with E-state index >= 15 is 0 Å². The maximum atomic E-state index is 13.0. The summed E-state index contributed by atoms with van der Waals surface area (Å²) in [5.41, 5.74) is 3.06. The number of aryl methyl sites for hydroxylation is 2. The highest BCUT2D eigenvalue weighted by atomic mass is 32.2. The minimum Gasteiger partial charge on any atom is -0.339 e. The van der Waals surface area contributed by atoms with Gasteiger partial charge in [-0.25, -0.2) is 8.42 Å². The van der Waals surface area contributed by atoms with Crippen LogP contribution in [0.3, 0.4) is 0 Å². The second-order valence-corrected chi connectivity index (χ2v) is 9.77. The number of sulfonamides is 1. The van der Waals surface area contributed by atoms with Crippen molar-refractivity contribution in [3.05, 3.63) is 59.4 Å². The van der Waals surface area contributed by atoms with Crippen LogP contribution in [0.2, 0.25) is 0 Å². The van der Waals surface area contributed by atoms with E-state index in [-0.39, 0.29) is 17.9 Å². The highest BCUT2D eigenvalue weighted by molar-refractivity contribution is 7.89. The normalized spacial score (nSPS) is 17.1. The first-order valence-electron chi connectivity index (χ1n) is 9.96. The van der Waals surface area contributed by atoms with E-state index in [1.807, 2.05) is 46.0 Å². The lowest BCUT2D eigenvalue weighted by atomic mass is 9.95. The number of carbonyl (C=O) groups is 1. The topological polar surface area (TPSA) is 70.6 Å². The van der Waals surface area contributed by atoms with Gasteiger partial charge in [0.2, 0.25) is 15.9 Å². The molecule has 0 spiro atoms. The molecule has 1 aliphatic rings. The molecule has 1 fully saturated rings. The molecule has 2 aromatic rings. The molecule has 1 aliphatic heterocycles. The Bertz CT molecular complexity index is 968. The van der Waals surface area contributed by atoms with Crippen molar-refractivity contribution in [3.63, 3.8) is 0 Å². The van der Waals surface area contributed by atoms with E-state index in [0.29, 0.717) is 30.8 Å². The molecule has 1 aromatic carbocycles. The van der Waals surface area contributed by atoms with Crippen LogP contribution in [0.1, 0.15) is 42.5 Å². The molecular weight excluding hydrogens is 386 g/mol. The van der Waals surface area contributed by atoms with Crippen LogP contribution in [0.5, 0.6) is 0 Å². The molecule has 0 aliphatic carbocycles. The minimum atomic E-state index is -3.53. The lowest BCUT2D eigenvalue weighted by Crippen LogP contribution is -2.44. The highest BCUT2D eigenvalue weighted by Crippen LogP contribution is 2.28. The van der Waals surface area contributed by atoms with Gasteiger partial charge in [0.1, 0.15) is 0 Å². The van der Waals surface area contributed by atoms with Crippen LogP contribution in [0.15, 0.2) is 47.6 Å². The average Bonchev–Trinajstić information content (AvgIpc) is 2.74. The number of pyridine rings is 1. The Morgan fingerprint density at radius 3 is 2.31 bits per heavy atom. The maximum Gasteiger partial charge on any atom is 0.243 e. The number of benzene rings is 1. The molecule has 0 radical (unpaired) electrons. The molecule has 6 nitrogen and oxygen atoms in total. The molecule has 1 unspecified atom stereocenters. The van der Waals surface area contributed by atoms with Crippen LogP contribution in [-0.4, -0.2) is 48.7 Å². The lowest BCUT2D eigenvalue weighted by Gasteiger charge is -2.34. The van der Waals surface area contributed by atoms with E-state index in [9.17, 15) is 13.2 Å². The van der Waals surface area contributed by atoms with Crippen LogP contribution in [0.4, 0.5) is 0 Å². The summed E-state index contributed by atoms with van der Waals surface area (Å²) in [6.45, 7) is 6.60. The van der Waals surface area contributed by atoms with Crippen molar-refractivity contribution in [1.82, 2.24) is 14.2 Å². The standard InChI is InChI=1S/C22H29N3O3S/c1-16-5-6-21(15-17(16)2)29(27,28)25-13-9-20(10-14-25)22(26)24(4)18(3)19-7-11-23-12-8-19/h5-8,11-12,15,18,20H,9-10,13-14H2,1-4H3. The summed E-state index contributed by atoms with van der Waals surface area (Å²) in [5, 5.41) is 0. The van der Waals surface area contributed by atoms with E-state index < -0.39 is 10.0 Å². The van der Waals surface area contributed by atoms with Gasteiger partial charge < -0.3 is 4.90 Å². The first kappa shape index (κ1) is 21.5. The first-order valence-corrected chi connectivity index (χ1v) is 11.4. The third-order valence-corrected chi connectivity index (χ3v) is 7.93. The molecule has 29 heavy (non-hydrogen) atoms. The number of aromatic nitrogens is 1. The Balaban J connectivity index is 1.65. The monoisotopic (exact) mass is 415 g/mol. The SMILES string of the molecule is Cc1ccc(S(=O)(=O)N2CCC(C(=O)N(C)C(C)c3ccncc3)CC2)cc1C. The highest BCUT2D eigenvalue weighted by Gasteiger charge is 2.34. The van der Waals surface area contributed by atoms with Gasteiger partial charge >= 0.3 is 0 Å². The summed E-state index contributed by atoms with van der Waals surface area (Å²) in [6, 6.07) is 9.00. The molecule has 7 heteroatoms. The summed E-state index contributed by atoms with van der Waals surface area (Å²) in [5.74, 6) is -0.0898. The van der Waals surface area contributed by atoms with Gasteiger partial charge in [0, 0.05) is 38.4 Å².